The van der Waals surface area contributed by atoms with Gasteiger partial charge in [-0.05, 0) is 44.7 Å². The van der Waals surface area contributed by atoms with Gasteiger partial charge in [-0.1, -0.05) is 0 Å². The fourth-order valence-electron chi connectivity index (χ4n) is 2.98. The molecule has 0 saturated heterocycles. The van der Waals surface area contributed by atoms with Crippen LogP contribution in [0, 0.1) is 12.8 Å². The van der Waals surface area contributed by atoms with E-state index >= 15 is 0 Å². The van der Waals surface area contributed by atoms with Gasteiger partial charge >= 0.3 is 5.97 Å². The number of hydrogen-bond acceptors (Lipinski definition) is 5. The lowest BCUT2D eigenvalue weighted by atomic mass is 9.86. The van der Waals surface area contributed by atoms with Crippen LogP contribution in [0.4, 0.5) is 0 Å². The molecule has 0 aromatic carbocycles. The number of nitrogens with zero attached hydrogens (tertiary/aromatic N) is 1. The lowest BCUT2D eigenvalue weighted by Crippen LogP contribution is -2.39. The molecule has 0 spiro atoms. The van der Waals surface area contributed by atoms with Gasteiger partial charge in [-0.25, -0.2) is 4.98 Å². The molecule has 0 aliphatic heterocycles. The summed E-state index contributed by atoms with van der Waals surface area (Å²) < 4.78 is 5.54. The highest BCUT2D eigenvalue weighted by Gasteiger charge is 2.26. The maximum Gasteiger partial charge on any atom is 0.306 e. The fraction of sp³-hybridized carbons (Fsp3) is 0.471. The Morgan fingerprint density at radius 1 is 1.33 bits per heavy atom. The molecule has 1 aliphatic carbocycles. The molecule has 1 fully saturated rings. The number of carbonyl (C=O) groups excluding carboxylic acids is 1. The van der Waals surface area contributed by atoms with E-state index in [0.717, 1.165) is 35.1 Å². The van der Waals surface area contributed by atoms with E-state index in [9.17, 15) is 9.59 Å². The molecule has 24 heavy (non-hydrogen) atoms. The summed E-state index contributed by atoms with van der Waals surface area (Å²) in [5, 5.41) is 14.6. The zero-order valence-electron chi connectivity index (χ0n) is 13.4. The highest BCUT2D eigenvalue weighted by Crippen LogP contribution is 2.26. The summed E-state index contributed by atoms with van der Waals surface area (Å²) >= 11 is 1.46. The lowest BCUT2D eigenvalue weighted by molar-refractivity contribution is -0.142. The molecule has 6 nitrogen and oxygen atoms in total. The first kappa shape index (κ1) is 16.7. The summed E-state index contributed by atoms with van der Waals surface area (Å²) in [5.41, 5.74) is 0.723. The molecule has 0 unspecified atom stereocenters. The molecule has 1 amide bonds. The number of furan rings is 1. The monoisotopic (exact) mass is 348 g/mol. The average molecular weight is 348 g/mol. The molecular formula is C17H20N2O4S. The zero-order chi connectivity index (χ0) is 17.1. The minimum absolute atomic E-state index is 0.0683. The number of rotatable bonds is 5. The number of thiazole rings is 1. The van der Waals surface area contributed by atoms with Crippen molar-refractivity contribution < 1.29 is 19.1 Å². The van der Waals surface area contributed by atoms with Crippen LogP contribution in [0.3, 0.4) is 0 Å². The van der Waals surface area contributed by atoms with E-state index in [0.29, 0.717) is 12.8 Å². The quantitative estimate of drug-likeness (QED) is 0.866. The van der Waals surface area contributed by atoms with E-state index in [1.165, 1.54) is 11.3 Å². The zero-order valence-corrected chi connectivity index (χ0v) is 14.3. The number of aryl methyl sites for hydroxylation is 1. The van der Waals surface area contributed by atoms with Crippen LogP contribution in [-0.4, -0.2) is 28.0 Å². The van der Waals surface area contributed by atoms with Gasteiger partial charge in [-0.15, -0.1) is 11.3 Å². The highest BCUT2D eigenvalue weighted by molar-refractivity contribution is 7.13. The molecule has 0 radical (unpaired) electrons. The second kappa shape index (κ2) is 7.17. The second-order valence-corrected chi connectivity index (χ2v) is 7.04. The van der Waals surface area contributed by atoms with Gasteiger partial charge in [0.1, 0.15) is 5.76 Å². The Hall–Kier alpha value is -2.15. The number of carboxylic acid groups (broad SMARTS) is 1. The van der Waals surface area contributed by atoms with Crippen LogP contribution in [0.15, 0.2) is 21.9 Å². The molecule has 7 heteroatoms. The molecule has 2 aromatic heterocycles. The van der Waals surface area contributed by atoms with E-state index < -0.39 is 5.97 Å². The van der Waals surface area contributed by atoms with Crippen molar-refractivity contribution in [3.63, 3.8) is 0 Å². The third-order valence-electron chi connectivity index (χ3n) is 4.29. The van der Waals surface area contributed by atoms with Crippen molar-refractivity contribution in [2.45, 2.75) is 45.1 Å². The number of nitrogens with one attached hydrogen (secondary N) is 1. The summed E-state index contributed by atoms with van der Waals surface area (Å²) in [5.74, 6) is 0.479. The molecule has 1 aliphatic rings. The van der Waals surface area contributed by atoms with Crippen molar-refractivity contribution in [3.05, 3.63) is 29.0 Å². The smallest absolute Gasteiger partial charge is 0.306 e. The highest BCUT2D eigenvalue weighted by atomic mass is 32.1. The number of amides is 1. The van der Waals surface area contributed by atoms with Crippen LogP contribution >= 0.6 is 11.3 Å². The van der Waals surface area contributed by atoms with Crippen molar-refractivity contribution in [1.29, 1.82) is 0 Å². The maximum absolute atomic E-state index is 12.2. The largest absolute Gasteiger partial charge is 0.481 e. The first-order chi connectivity index (χ1) is 11.5. The van der Waals surface area contributed by atoms with Crippen LogP contribution in [0.5, 0.6) is 0 Å². The number of aromatic nitrogens is 1. The minimum Gasteiger partial charge on any atom is -0.481 e. The molecular weight excluding hydrogens is 328 g/mol. The van der Waals surface area contributed by atoms with Gasteiger partial charge < -0.3 is 14.8 Å². The van der Waals surface area contributed by atoms with Crippen LogP contribution in [0.1, 0.15) is 37.1 Å². The van der Waals surface area contributed by atoms with Crippen molar-refractivity contribution in [1.82, 2.24) is 10.3 Å². The Morgan fingerprint density at radius 3 is 2.71 bits per heavy atom. The van der Waals surface area contributed by atoms with E-state index in [2.05, 4.69) is 10.3 Å². The maximum atomic E-state index is 12.2. The van der Waals surface area contributed by atoms with Crippen molar-refractivity contribution in [3.8, 4) is 10.8 Å². The van der Waals surface area contributed by atoms with Gasteiger partial charge in [0, 0.05) is 11.4 Å². The van der Waals surface area contributed by atoms with E-state index in [4.69, 9.17) is 9.52 Å². The van der Waals surface area contributed by atoms with Gasteiger partial charge in [0.05, 0.1) is 18.0 Å². The first-order valence-electron chi connectivity index (χ1n) is 8.04. The topological polar surface area (TPSA) is 92.4 Å². The van der Waals surface area contributed by atoms with Gasteiger partial charge in [-0.2, -0.15) is 0 Å². The van der Waals surface area contributed by atoms with Crippen molar-refractivity contribution in [2.75, 3.05) is 0 Å². The molecule has 3 rings (SSSR count). The third kappa shape index (κ3) is 4.03. The second-order valence-electron chi connectivity index (χ2n) is 6.19. The number of carboxylic acids is 1. The summed E-state index contributed by atoms with van der Waals surface area (Å²) in [6.07, 6.45) is 2.92. The van der Waals surface area contributed by atoms with Crippen LogP contribution < -0.4 is 5.32 Å². The van der Waals surface area contributed by atoms with Gasteiger partial charge in [0.25, 0.3) is 0 Å². The third-order valence-corrected chi connectivity index (χ3v) is 5.19. The van der Waals surface area contributed by atoms with Crippen LogP contribution in [0.2, 0.25) is 0 Å². The summed E-state index contributed by atoms with van der Waals surface area (Å²) in [6, 6.07) is 3.83. The molecule has 2 aromatic rings. The van der Waals surface area contributed by atoms with Crippen LogP contribution in [-0.2, 0) is 16.0 Å². The Morgan fingerprint density at radius 2 is 2.08 bits per heavy atom. The lowest BCUT2D eigenvalue weighted by Gasteiger charge is -2.26. The van der Waals surface area contributed by atoms with Gasteiger partial charge in [-0.3, -0.25) is 9.59 Å². The van der Waals surface area contributed by atoms with E-state index in [-0.39, 0.29) is 24.3 Å². The Balaban J connectivity index is 1.51. The molecule has 0 bridgehead atoms. The minimum atomic E-state index is -0.733. The molecule has 128 valence electrons. The average Bonchev–Trinajstić information content (AvgIpc) is 3.16. The van der Waals surface area contributed by atoms with Crippen molar-refractivity contribution >= 4 is 23.2 Å². The van der Waals surface area contributed by atoms with E-state index in [1.807, 2.05) is 24.4 Å². The SMILES string of the molecule is Cc1ccc(-c2nc(CC(=O)NC3CCC(C(=O)O)CC3)cs2)o1. The summed E-state index contributed by atoms with van der Waals surface area (Å²) in [4.78, 5) is 27.6. The van der Waals surface area contributed by atoms with Gasteiger partial charge in [0.15, 0.2) is 10.8 Å². The normalized spacial score (nSPS) is 20.7. The molecule has 2 heterocycles. The Bertz CT molecular complexity index is 729. The Kier molecular flexibility index (Phi) is 4.99. The van der Waals surface area contributed by atoms with Crippen LogP contribution in [0.25, 0.3) is 10.8 Å². The van der Waals surface area contributed by atoms with Crippen molar-refractivity contribution in [2.24, 2.45) is 5.92 Å². The number of carbonyl (C=O) groups is 2. The van der Waals surface area contributed by atoms with E-state index in [1.54, 1.807) is 0 Å². The van der Waals surface area contributed by atoms with Gasteiger partial charge in [0.2, 0.25) is 5.91 Å². The number of hydrogen-bond donors (Lipinski definition) is 2. The fourth-order valence-corrected chi connectivity index (χ4v) is 3.76. The molecule has 1 saturated carbocycles. The standard InChI is InChI=1S/C17H20N2O4S/c1-10-2-7-14(23-10)16-19-13(9-24-16)8-15(20)18-12-5-3-11(4-6-12)17(21)22/h2,7,9,11-12H,3-6,8H2,1H3,(H,18,20)(H,21,22). The first-order valence-corrected chi connectivity index (χ1v) is 8.92. The molecule has 0 atom stereocenters. The Labute approximate surface area is 143 Å². The predicted octanol–water partition coefficient (Wildman–Crippen LogP) is 3.01. The summed E-state index contributed by atoms with van der Waals surface area (Å²) in [6.45, 7) is 1.88. The number of aliphatic carboxylic acids is 1. The summed E-state index contributed by atoms with van der Waals surface area (Å²) in [7, 11) is 0. The molecule has 2 N–H and O–H groups in total. The predicted molar refractivity (Wildman–Crippen MR) is 89.8 cm³/mol.